The van der Waals surface area contributed by atoms with Crippen molar-refractivity contribution in [3.63, 3.8) is 0 Å². The van der Waals surface area contributed by atoms with Crippen molar-refractivity contribution in [1.29, 1.82) is 4.78 Å². The normalized spacial score (nSPS) is 59.0. The van der Waals surface area contributed by atoms with Gasteiger partial charge < -0.3 is 0 Å². The van der Waals surface area contributed by atoms with Gasteiger partial charge in [0.2, 0.25) is 0 Å². The molecule has 3 rings (SSSR count). The van der Waals surface area contributed by atoms with E-state index in [1.807, 2.05) is 0 Å². The van der Waals surface area contributed by atoms with E-state index < -0.39 is 9.60 Å². The van der Waals surface area contributed by atoms with Crippen LogP contribution in [0.2, 0.25) is 0 Å². The first-order valence-corrected chi connectivity index (χ1v) is 7.50. The molecule has 0 amide bonds. The number of hydrogen-bond donors (Lipinski definition) is 2. The average Bonchev–Trinajstić information content (AvgIpc) is 2.50. The molecule has 2 nitrogen and oxygen atoms in total. The van der Waals surface area contributed by atoms with Gasteiger partial charge in [0.25, 0.3) is 0 Å². The summed E-state index contributed by atoms with van der Waals surface area (Å²) in [4.78, 5) is 0. The minimum absolute atomic E-state index is 0.427. The van der Waals surface area contributed by atoms with Crippen LogP contribution in [0, 0.1) is 21.5 Å². The van der Waals surface area contributed by atoms with Gasteiger partial charge in [-0.05, 0) is 30.6 Å². The molecule has 3 unspecified atom stereocenters. The lowest BCUT2D eigenvalue weighted by atomic mass is 9.69. The monoisotopic (exact) mass is 212 g/mol. The third kappa shape index (κ3) is 0.820. The van der Waals surface area contributed by atoms with E-state index in [9.17, 15) is 0 Å². The van der Waals surface area contributed by atoms with Crippen LogP contribution < -0.4 is 4.72 Å². The van der Waals surface area contributed by atoms with Crippen LogP contribution in [0.5, 0.6) is 0 Å². The van der Waals surface area contributed by atoms with Crippen LogP contribution in [-0.4, -0.2) is 17.7 Å². The first kappa shape index (κ1) is 9.22. The zero-order valence-electron chi connectivity index (χ0n) is 9.10. The van der Waals surface area contributed by atoms with Gasteiger partial charge in [-0.25, -0.2) is 0 Å². The molecule has 14 heavy (non-hydrogen) atoms. The molecule has 80 valence electrons. The number of nitrogens with one attached hydrogen (secondary N) is 2. The lowest BCUT2D eigenvalue weighted by Gasteiger charge is -2.37. The van der Waals surface area contributed by atoms with Crippen LogP contribution in [0.1, 0.15) is 33.1 Å². The number of fused-ring (bicyclic) bond motifs is 1. The third-order valence-electron chi connectivity index (χ3n) is 5.30. The van der Waals surface area contributed by atoms with Crippen LogP contribution in [-0.2, 0) is 9.60 Å². The Morgan fingerprint density at radius 3 is 2.79 bits per heavy atom. The van der Waals surface area contributed by atoms with Crippen LogP contribution in [0.25, 0.3) is 0 Å². The highest BCUT2D eigenvalue weighted by Crippen LogP contribution is 2.67. The maximum Gasteiger partial charge on any atom is 0.0248 e. The average molecular weight is 212 g/mol. The van der Waals surface area contributed by atoms with E-state index in [2.05, 4.69) is 24.4 Å². The highest BCUT2D eigenvalue weighted by molar-refractivity contribution is 7.99. The van der Waals surface area contributed by atoms with E-state index in [0.717, 1.165) is 11.7 Å². The van der Waals surface area contributed by atoms with Crippen molar-refractivity contribution in [3.05, 3.63) is 0 Å². The second-order valence-electron chi connectivity index (χ2n) is 6.05. The fourth-order valence-electron chi connectivity index (χ4n) is 4.34. The molecule has 0 radical (unpaired) electrons. The second-order valence-corrected chi connectivity index (χ2v) is 8.34. The quantitative estimate of drug-likeness (QED) is 0.592. The zero-order valence-corrected chi connectivity index (χ0v) is 9.91. The zero-order chi connectivity index (χ0) is 10.2. The Balaban J connectivity index is 2.13. The van der Waals surface area contributed by atoms with Crippen molar-refractivity contribution < 1.29 is 0 Å². The SMILES string of the molecule is C=S1(=N)C[C@@]23CCC(CC2N1)C3(C)C. The second kappa shape index (κ2) is 2.22. The molecule has 1 saturated heterocycles. The fourth-order valence-corrected chi connectivity index (χ4v) is 6.89. The van der Waals surface area contributed by atoms with Gasteiger partial charge in [-0.1, -0.05) is 29.3 Å². The largest absolute Gasteiger partial charge is 0.273 e. The number of hydrogen-bond acceptors (Lipinski definition) is 1. The fraction of sp³-hybridized carbons (Fsp3) is 0.909. The summed E-state index contributed by atoms with van der Waals surface area (Å²) in [6, 6.07) is 0.612. The summed E-state index contributed by atoms with van der Waals surface area (Å²) in [6.07, 6.45) is 4.03. The van der Waals surface area contributed by atoms with Crippen molar-refractivity contribution >= 4 is 15.5 Å². The van der Waals surface area contributed by atoms with Crippen molar-refractivity contribution in [1.82, 2.24) is 4.72 Å². The van der Waals surface area contributed by atoms with Crippen molar-refractivity contribution in [2.24, 2.45) is 16.7 Å². The van der Waals surface area contributed by atoms with E-state index in [-0.39, 0.29) is 0 Å². The molecule has 2 aliphatic carbocycles. The van der Waals surface area contributed by atoms with E-state index in [1.54, 1.807) is 0 Å². The molecule has 0 aromatic heterocycles. The molecule has 3 aliphatic rings. The molecule has 1 aliphatic heterocycles. The maximum absolute atomic E-state index is 8.17. The maximum atomic E-state index is 8.17. The summed E-state index contributed by atoms with van der Waals surface area (Å²) in [7, 11) is -1.47. The lowest BCUT2D eigenvalue weighted by molar-refractivity contribution is 0.147. The molecule has 0 aromatic carbocycles. The molecule has 1 heterocycles. The Kier molecular flexibility index (Phi) is 1.46. The summed E-state index contributed by atoms with van der Waals surface area (Å²) >= 11 is 0. The summed E-state index contributed by atoms with van der Waals surface area (Å²) in [6.45, 7) is 4.85. The summed E-state index contributed by atoms with van der Waals surface area (Å²) in [5, 5.41) is 0. The van der Waals surface area contributed by atoms with Crippen LogP contribution in [0.4, 0.5) is 0 Å². The minimum Gasteiger partial charge on any atom is -0.273 e. The van der Waals surface area contributed by atoms with Gasteiger partial charge in [0.1, 0.15) is 0 Å². The molecule has 3 fully saturated rings. The van der Waals surface area contributed by atoms with Gasteiger partial charge in [-0.15, -0.1) is 0 Å². The van der Waals surface area contributed by atoms with Crippen LogP contribution in [0.15, 0.2) is 0 Å². The topological polar surface area (TPSA) is 35.9 Å². The van der Waals surface area contributed by atoms with Gasteiger partial charge in [0.05, 0.1) is 0 Å². The molecule has 0 aromatic rings. The van der Waals surface area contributed by atoms with Crippen LogP contribution >= 0.6 is 0 Å². The highest BCUT2D eigenvalue weighted by atomic mass is 32.2. The van der Waals surface area contributed by atoms with E-state index in [1.165, 1.54) is 19.3 Å². The van der Waals surface area contributed by atoms with E-state index >= 15 is 0 Å². The molecule has 4 atom stereocenters. The van der Waals surface area contributed by atoms with E-state index in [0.29, 0.717) is 16.9 Å². The van der Waals surface area contributed by atoms with Gasteiger partial charge in [0.15, 0.2) is 0 Å². The van der Waals surface area contributed by atoms with Gasteiger partial charge >= 0.3 is 0 Å². The van der Waals surface area contributed by atoms with Crippen molar-refractivity contribution in [2.75, 3.05) is 5.75 Å². The molecule has 1 spiro atoms. The molecular weight excluding hydrogens is 192 g/mol. The Morgan fingerprint density at radius 1 is 1.50 bits per heavy atom. The van der Waals surface area contributed by atoms with Crippen LogP contribution in [0.3, 0.4) is 0 Å². The van der Waals surface area contributed by atoms with Gasteiger partial charge in [0, 0.05) is 17.2 Å². The van der Waals surface area contributed by atoms with Crippen molar-refractivity contribution in [3.8, 4) is 0 Å². The third-order valence-corrected chi connectivity index (χ3v) is 7.05. The smallest absolute Gasteiger partial charge is 0.0248 e. The number of rotatable bonds is 0. The molecule has 2 N–H and O–H groups in total. The summed E-state index contributed by atoms with van der Waals surface area (Å²) in [5.41, 5.74) is 0.884. The highest BCUT2D eigenvalue weighted by Gasteiger charge is 2.66. The molecule has 3 heteroatoms. The predicted molar refractivity (Wildman–Crippen MR) is 62.6 cm³/mol. The molecular formula is C11H20N2S. The first-order chi connectivity index (χ1) is 6.37. The Bertz CT molecular complexity index is 382. The Hall–Kier alpha value is -0.0200. The minimum atomic E-state index is -1.47. The Morgan fingerprint density at radius 2 is 2.21 bits per heavy atom. The van der Waals surface area contributed by atoms with Gasteiger partial charge in [-0.2, -0.15) is 0 Å². The van der Waals surface area contributed by atoms with Crippen molar-refractivity contribution in [2.45, 2.75) is 39.2 Å². The lowest BCUT2D eigenvalue weighted by Crippen LogP contribution is -2.39. The predicted octanol–water partition coefficient (Wildman–Crippen LogP) is 2.05. The summed E-state index contributed by atoms with van der Waals surface area (Å²) < 4.78 is 11.7. The first-order valence-electron chi connectivity index (χ1n) is 5.53. The molecule has 2 bridgehead atoms. The molecule has 2 saturated carbocycles. The Labute approximate surface area is 87.0 Å². The van der Waals surface area contributed by atoms with Gasteiger partial charge in [-0.3, -0.25) is 9.50 Å². The summed E-state index contributed by atoms with van der Waals surface area (Å²) in [5.74, 6) is 6.00. The van der Waals surface area contributed by atoms with E-state index in [4.69, 9.17) is 4.78 Å². The standard InChI is InChI=1S/C11H20N2S/c1-10(2)8-4-5-11(10)7-14(3,12)13-9(11)6-8/h8-9H,3-7H2,1-2H3,(H2,12,13)/t8?,9?,11-,14?/m0/s1.